The summed E-state index contributed by atoms with van der Waals surface area (Å²) in [7, 11) is 1.61. The fourth-order valence-electron chi connectivity index (χ4n) is 3.70. The number of methoxy groups -OCH3 is 1. The summed E-state index contributed by atoms with van der Waals surface area (Å²) >= 11 is 8.35. The molecule has 142 valence electrons. The van der Waals surface area contributed by atoms with Crippen molar-refractivity contribution >= 4 is 28.5 Å². The predicted octanol–water partition coefficient (Wildman–Crippen LogP) is 4.73. The SMILES string of the molecule is CCOc1cc([C@H]2[C@H](c3ccccn3)N=C3S[C@@H](C)CN32)cc(Cl)c1OC. The Morgan fingerprint density at radius 2 is 2.19 bits per heavy atom. The number of hydrogen-bond acceptors (Lipinski definition) is 6. The Labute approximate surface area is 168 Å². The normalized spacial score (nSPS) is 23.9. The Kier molecular flexibility index (Phi) is 5.19. The van der Waals surface area contributed by atoms with E-state index in [2.05, 4.69) is 16.8 Å². The van der Waals surface area contributed by atoms with E-state index < -0.39 is 0 Å². The van der Waals surface area contributed by atoms with Crippen LogP contribution in [0.3, 0.4) is 0 Å². The minimum atomic E-state index is -0.0693. The molecule has 0 spiro atoms. The molecule has 0 bridgehead atoms. The fraction of sp³-hybridized carbons (Fsp3) is 0.400. The highest BCUT2D eigenvalue weighted by molar-refractivity contribution is 8.14. The maximum absolute atomic E-state index is 6.53. The van der Waals surface area contributed by atoms with Crippen molar-refractivity contribution in [1.82, 2.24) is 9.88 Å². The molecule has 3 heterocycles. The zero-order chi connectivity index (χ0) is 19.0. The van der Waals surface area contributed by atoms with Crippen molar-refractivity contribution in [2.24, 2.45) is 4.99 Å². The number of pyridine rings is 1. The molecule has 4 rings (SSSR count). The standard InChI is InChI=1S/C20H22ClN3O2S/c1-4-26-16-10-13(9-14(21)19(16)25-3)18-17(15-7-5-6-8-22-15)23-20-24(18)11-12(2)27-20/h5-10,12,17-18H,4,11H2,1-3H3/t12-,17-,18-/m0/s1. The van der Waals surface area contributed by atoms with Crippen molar-refractivity contribution in [2.45, 2.75) is 31.2 Å². The Bertz CT molecular complexity index is 862. The molecule has 0 N–H and O–H groups in total. The molecular weight excluding hydrogens is 382 g/mol. The van der Waals surface area contributed by atoms with E-state index in [-0.39, 0.29) is 12.1 Å². The van der Waals surface area contributed by atoms with Gasteiger partial charge in [0.15, 0.2) is 16.7 Å². The van der Waals surface area contributed by atoms with Crippen molar-refractivity contribution in [1.29, 1.82) is 0 Å². The molecular formula is C20H22ClN3O2S. The van der Waals surface area contributed by atoms with E-state index in [0.29, 0.717) is 28.4 Å². The zero-order valence-corrected chi connectivity index (χ0v) is 17.1. The number of halogens is 1. The number of rotatable bonds is 5. The van der Waals surface area contributed by atoms with E-state index in [1.165, 1.54) is 0 Å². The molecule has 1 aromatic carbocycles. The quantitative estimate of drug-likeness (QED) is 0.722. The first kappa shape index (κ1) is 18.4. The van der Waals surface area contributed by atoms with E-state index in [4.69, 9.17) is 26.1 Å². The molecule has 0 aliphatic carbocycles. The van der Waals surface area contributed by atoms with Crippen LogP contribution in [-0.2, 0) is 0 Å². The number of nitrogens with zero attached hydrogens (tertiary/aromatic N) is 3. The number of hydrogen-bond donors (Lipinski definition) is 0. The van der Waals surface area contributed by atoms with E-state index in [1.807, 2.05) is 55.2 Å². The van der Waals surface area contributed by atoms with Crippen LogP contribution in [0.1, 0.15) is 37.2 Å². The number of amidine groups is 1. The van der Waals surface area contributed by atoms with Crippen molar-refractivity contribution < 1.29 is 9.47 Å². The lowest BCUT2D eigenvalue weighted by Crippen LogP contribution is -2.28. The van der Waals surface area contributed by atoms with Crippen LogP contribution < -0.4 is 9.47 Å². The largest absolute Gasteiger partial charge is 0.491 e. The summed E-state index contributed by atoms with van der Waals surface area (Å²) in [5.74, 6) is 1.23. The first-order chi connectivity index (χ1) is 13.1. The van der Waals surface area contributed by atoms with Gasteiger partial charge in [-0.05, 0) is 36.8 Å². The molecule has 1 saturated heterocycles. The lowest BCUT2D eigenvalue weighted by Gasteiger charge is -2.28. The number of ether oxygens (including phenoxy) is 2. The molecule has 7 heteroatoms. The third-order valence-corrected chi connectivity index (χ3v) is 6.14. The van der Waals surface area contributed by atoms with E-state index in [0.717, 1.165) is 23.0 Å². The van der Waals surface area contributed by atoms with Crippen molar-refractivity contribution in [3.63, 3.8) is 0 Å². The Balaban J connectivity index is 1.80. The van der Waals surface area contributed by atoms with Crippen LogP contribution in [-0.4, -0.2) is 40.6 Å². The van der Waals surface area contributed by atoms with Gasteiger partial charge >= 0.3 is 0 Å². The van der Waals surface area contributed by atoms with Gasteiger partial charge in [-0.2, -0.15) is 0 Å². The summed E-state index contributed by atoms with van der Waals surface area (Å²) in [4.78, 5) is 11.9. The second-order valence-corrected chi connectivity index (χ2v) is 8.42. The summed E-state index contributed by atoms with van der Waals surface area (Å²) in [6, 6.07) is 9.93. The van der Waals surface area contributed by atoms with Gasteiger partial charge in [0.1, 0.15) is 6.04 Å². The molecule has 0 saturated carbocycles. The van der Waals surface area contributed by atoms with Crippen LogP contribution in [0, 0.1) is 0 Å². The van der Waals surface area contributed by atoms with Crippen LogP contribution in [0.5, 0.6) is 11.5 Å². The average molecular weight is 404 g/mol. The lowest BCUT2D eigenvalue weighted by atomic mass is 9.96. The minimum Gasteiger partial charge on any atom is -0.491 e. The van der Waals surface area contributed by atoms with Crippen LogP contribution in [0.25, 0.3) is 0 Å². The molecule has 5 nitrogen and oxygen atoms in total. The van der Waals surface area contributed by atoms with Gasteiger partial charge in [0.25, 0.3) is 0 Å². The third kappa shape index (κ3) is 3.36. The topological polar surface area (TPSA) is 47.0 Å². The predicted molar refractivity (Wildman–Crippen MR) is 110 cm³/mol. The number of aromatic nitrogens is 1. The second kappa shape index (κ2) is 7.60. The van der Waals surface area contributed by atoms with E-state index in [9.17, 15) is 0 Å². The van der Waals surface area contributed by atoms with Crippen molar-refractivity contribution in [3.05, 3.63) is 52.8 Å². The second-order valence-electron chi connectivity index (χ2n) is 6.60. The number of fused-ring (bicyclic) bond motifs is 1. The van der Waals surface area contributed by atoms with Crippen molar-refractivity contribution in [3.8, 4) is 11.5 Å². The lowest BCUT2D eigenvalue weighted by molar-refractivity contribution is 0.302. The first-order valence-corrected chi connectivity index (χ1v) is 10.3. The number of benzene rings is 1. The molecule has 2 aliphatic rings. The van der Waals surface area contributed by atoms with E-state index >= 15 is 0 Å². The molecule has 0 amide bonds. The summed E-state index contributed by atoms with van der Waals surface area (Å²) < 4.78 is 11.2. The molecule has 0 radical (unpaired) electrons. The van der Waals surface area contributed by atoms with E-state index in [1.54, 1.807) is 7.11 Å². The Morgan fingerprint density at radius 1 is 1.33 bits per heavy atom. The highest BCUT2D eigenvalue weighted by Gasteiger charge is 2.43. The number of aliphatic imine (C=N–C) groups is 1. The van der Waals surface area contributed by atoms with Gasteiger partial charge in [-0.3, -0.25) is 9.98 Å². The molecule has 1 fully saturated rings. The maximum Gasteiger partial charge on any atom is 0.179 e. The van der Waals surface area contributed by atoms with Gasteiger partial charge in [-0.25, -0.2) is 0 Å². The summed E-state index contributed by atoms with van der Waals surface area (Å²) in [5.41, 5.74) is 2.02. The average Bonchev–Trinajstić information content (AvgIpc) is 3.18. The van der Waals surface area contributed by atoms with Crippen LogP contribution >= 0.6 is 23.4 Å². The van der Waals surface area contributed by atoms with Gasteiger partial charge in [-0.15, -0.1) is 0 Å². The molecule has 2 aliphatic heterocycles. The van der Waals surface area contributed by atoms with Crippen LogP contribution in [0.15, 0.2) is 41.5 Å². The number of thioether (sulfide) groups is 1. The van der Waals surface area contributed by atoms with Gasteiger partial charge < -0.3 is 14.4 Å². The Hall–Kier alpha value is -1.92. The van der Waals surface area contributed by atoms with Gasteiger partial charge in [0, 0.05) is 18.0 Å². The van der Waals surface area contributed by atoms with Crippen LogP contribution in [0.4, 0.5) is 0 Å². The van der Waals surface area contributed by atoms with Gasteiger partial charge in [-0.1, -0.05) is 36.4 Å². The molecule has 3 atom stereocenters. The monoisotopic (exact) mass is 403 g/mol. The summed E-state index contributed by atoms with van der Waals surface area (Å²) in [6.07, 6.45) is 1.82. The molecule has 27 heavy (non-hydrogen) atoms. The first-order valence-electron chi connectivity index (χ1n) is 9.04. The van der Waals surface area contributed by atoms with Gasteiger partial charge in [0.2, 0.25) is 0 Å². The zero-order valence-electron chi connectivity index (χ0n) is 15.6. The Morgan fingerprint density at radius 3 is 2.89 bits per heavy atom. The van der Waals surface area contributed by atoms with Crippen molar-refractivity contribution in [2.75, 3.05) is 20.3 Å². The van der Waals surface area contributed by atoms with Gasteiger partial charge in [0.05, 0.1) is 30.5 Å². The highest BCUT2D eigenvalue weighted by atomic mass is 35.5. The smallest absolute Gasteiger partial charge is 0.179 e. The summed E-state index contributed by atoms with van der Waals surface area (Å²) in [6.45, 7) is 5.67. The fourth-order valence-corrected chi connectivity index (χ4v) is 5.09. The third-order valence-electron chi connectivity index (χ3n) is 4.76. The molecule has 1 aromatic heterocycles. The summed E-state index contributed by atoms with van der Waals surface area (Å²) in [5, 5.41) is 2.13. The maximum atomic E-state index is 6.53. The highest BCUT2D eigenvalue weighted by Crippen LogP contribution is 2.49. The van der Waals surface area contributed by atoms with Crippen LogP contribution in [0.2, 0.25) is 5.02 Å². The molecule has 0 unspecified atom stereocenters. The molecule has 2 aromatic rings. The minimum absolute atomic E-state index is 0.0370.